The van der Waals surface area contributed by atoms with Crippen molar-refractivity contribution in [2.45, 2.75) is 33.2 Å². The van der Waals surface area contributed by atoms with Crippen molar-refractivity contribution in [3.63, 3.8) is 0 Å². The summed E-state index contributed by atoms with van der Waals surface area (Å²) in [6.45, 7) is 5.51. The third kappa shape index (κ3) is 4.65. The highest BCUT2D eigenvalue weighted by Crippen LogP contribution is 2.22. The van der Waals surface area contributed by atoms with Crippen LogP contribution in [-0.2, 0) is 4.79 Å². The lowest BCUT2D eigenvalue weighted by Gasteiger charge is -2.30. The number of aromatic nitrogens is 1. The zero-order valence-corrected chi connectivity index (χ0v) is 11.1. The van der Waals surface area contributed by atoms with E-state index in [9.17, 15) is 14.0 Å². The molecule has 0 saturated carbocycles. The van der Waals surface area contributed by atoms with Gasteiger partial charge in [-0.1, -0.05) is 20.8 Å². The molecule has 1 heterocycles. The topological polar surface area (TPSA) is 79.3 Å². The van der Waals surface area contributed by atoms with Gasteiger partial charge in [0.2, 0.25) is 5.95 Å². The van der Waals surface area contributed by atoms with Crippen molar-refractivity contribution >= 4 is 11.9 Å². The molecule has 1 aromatic heterocycles. The number of carboxylic acid groups (broad SMARTS) is 1. The SMILES string of the molecule is CC(C)(C)C(CC(=O)O)NC(=O)c1ccc(F)nc1. The molecule has 0 fully saturated rings. The number of halogens is 1. The second-order valence-electron chi connectivity index (χ2n) is 5.36. The van der Waals surface area contributed by atoms with E-state index < -0.39 is 29.3 Å². The average Bonchev–Trinajstić information content (AvgIpc) is 2.27. The van der Waals surface area contributed by atoms with Crippen LogP contribution in [0.1, 0.15) is 37.6 Å². The number of amides is 1. The number of aliphatic carboxylic acids is 1. The zero-order valence-electron chi connectivity index (χ0n) is 11.1. The fourth-order valence-corrected chi connectivity index (χ4v) is 1.50. The number of carbonyl (C=O) groups excluding carboxylic acids is 1. The molecule has 1 amide bonds. The number of rotatable bonds is 4. The molecule has 6 heteroatoms. The summed E-state index contributed by atoms with van der Waals surface area (Å²) in [4.78, 5) is 26.1. The Morgan fingerprint density at radius 1 is 1.42 bits per heavy atom. The van der Waals surface area contributed by atoms with Gasteiger partial charge in [0.05, 0.1) is 12.0 Å². The third-order valence-electron chi connectivity index (χ3n) is 2.72. The van der Waals surface area contributed by atoms with Crippen LogP contribution in [0.15, 0.2) is 18.3 Å². The molecular formula is C13H17FN2O3. The van der Waals surface area contributed by atoms with Crippen LogP contribution in [0.5, 0.6) is 0 Å². The van der Waals surface area contributed by atoms with E-state index in [0.717, 1.165) is 12.3 Å². The van der Waals surface area contributed by atoms with Gasteiger partial charge in [-0.25, -0.2) is 4.98 Å². The Labute approximate surface area is 110 Å². The number of hydrogen-bond acceptors (Lipinski definition) is 3. The van der Waals surface area contributed by atoms with Crippen molar-refractivity contribution in [1.82, 2.24) is 10.3 Å². The van der Waals surface area contributed by atoms with Gasteiger partial charge in [-0.15, -0.1) is 0 Å². The predicted octanol–water partition coefficient (Wildman–Crippen LogP) is 1.84. The van der Waals surface area contributed by atoms with Gasteiger partial charge in [-0.2, -0.15) is 4.39 Å². The zero-order chi connectivity index (χ0) is 14.6. The van der Waals surface area contributed by atoms with Crippen LogP contribution in [0.3, 0.4) is 0 Å². The largest absolute Gasteiger partial charge is 0.481 e. The summed E-state index contributed by atoms with van der Waals surface area (Å²) < 4.78 is 12.7. The van der Waals surface area contributed by atoms with E-state index >= 15 is 0 Å². The molecule has 2 N–H and O–H groups in total. The van der Waals surface area contributed by atoms with Gasteiger partial charge in [0.1, 0.15) is 0 Å². The van der Waals surface area contributed by atoms with E-state index in [-0.39, 0.29) is 12.0 Å². The molecule has 0 aliphatic carbocycles. The summed E-state index contributed by atoms with van der Waals surface area (Å²) in [5, 5.41) is 11.5. The lowest BCUT2D eigenvalue weighted by molar-refractivity contribution is -0.138. The van der Waals surface area contributed by atoms with Crippen molar-refractivity contribution in [2.75, 3.05) is 0 Å². The maximum atomic E-state index is 12.7. The van der Waals surface area contributed by atoms with E-state index in [1.54, 1.807) is 0 Å². The van der Waals surface area contributed by atoms with Crippen LogP contribution < -0.4 is 5.32 Å². The number of hydrogen-bond donors (Lipinski definition) is 2. The molecule has 0 bridgehead atoms. The van der Waals surface area contributed by atoms with Crippen LogP contribution in [0.25, 0.3) is 0 Å². The quantitative estimate of drug-likeness (QED) is 0.817. The van der Waals surface area contributed by atoms with Gasteiger partial charge in [0.25, 0.3) is 5.91 Å². The van der Waals surface area contributed by atoms with Crippen molar-refractivity contribution in [1.29, 1.82) is 0 Å². The van der Waals surface area contributed by atoms with Gasteiger partial charge in [-0.3, -0.25) is 9.59 Å². The maximum Gasteiger partial charge on any atom is 0.305 e. The Morgan fingerprint density at radius 3 is 2.47 bits per heavy atom. The second kappa shape index (κ2) is 5.77. The first-order valence-electron chi connectivity index (χ1n) is 5.84. The van der Waals surface area contributed by atoms with Crippen LogP contribution in [0, 0.1) is 11.4 Å². The number of pyridine rings is 1. The standard InChI is InChI=1S/C13H17FN2O3/c1-13(2,3)9(6-11(17)18)16-12(19)8-4-5-10(14)15-7-8/h4-5,7,9H,6H2,1-3H3,(H,16,19)(H,17,18). The first-order chi connectivity index (χ1) is 8.70. The molecule has 5 nitrogen and oxygen atoms in total. The van der Waals surface area contributed by atoms with Crippen LogP contribution in [0.2, 0.25) is 0 Å². The van der Waals surface area contributed by atoms with Crippen LogP contribution in [0.4, 0.5) is 4.39 Å². The van der Waals surface area contributed by atoms with E-state index in [0.29, 0.717) is 0 Å². The van der Waals surface area contributed by atoms with Crippen molar-refractivity contribution in [2.24, 2.45) is 5.41 Å². The highest BCUT2D eigenvalue weighted by atomic mass is 19.1. The highest BCUT2D eigenvalue weighted by Gasteiger charge is 2.28. The Hall–Kier alpha value is -1.98. The molecule has 0 radical (unpaired) electrons. The minimum absolute atomic E-state index is 0.177. The molecule has 19 heavy (non-hydrogen) atoms. The monoisotopic (exact) mass is 268 g/mol. The van der Waals surface area contributed by atoms with Gasteiger partial charge in [0, 0.05) is 12.2 Å². The first-order valence-corrected chi connectivity index (χ1v) is 5.84. The Balaban J connectivity index is 2.81. The Kier molecular flexibility index (Phi) is 4.58. The van der Waals surface area contributed by atoms with E-state index in [1.165, 1.54) is 6.07 Å². The average molecular weight is 268 g/mol. The molecule has 1 unspecified atom stereocenters. The normalized spacial score (nSPS) is 12.8. The fraction of sp³-hybridized carbons (Fsp3) is 0.462. The first kappa shape index (κ1) is 15.1. The van der Waals surface area contributed by atoms with E-state index in [1.807, 2.05) is 20.8 Å². The molecule has 1 aromatic rings. The van der Waals surface area contributed by atoms with Gasteiger partial charge >= 0.3 is 5.97 Å². The van der Waals surface area contributed by atoms with Gasteiger partial charge in [0.15, 0.2) is 0 Å². The summed E-state index contributed by atoms with van der Waals surface area (Å²) in [5.74, 6) is -2.12. The van der Waals surface area contributed by atoms with Crippen molar-refractivity contribution in [3.8, 4) is 0 Å². The number of nitrogens with zero attached hydrogens (tertiary/aromatic N) is 1. The summed E-state index contributed by atoms with van der Waals surface area (Å²) in [6, 6.07) is 1.86. The smallest absolute Gasteiger partial charge is 0.305 e. The lowest BCUT2D eigenvalue weighted by Crippen LogP contribution is -2.45. The predicted molar refractivity (Wildman–Crippen MR) is 67.2 cm³/mol. The Morgan fingerprint density at radius 2 is 2.05 bits per heavy atom. The molecule has 1 atom stereocenters. The van der Waals surface area contributed by atoms with Gasteiger partial charge < -0.3 is 10.4 Å². The summed E-state index contributed by atoms with van der Waals surface area (Å²) in [7, 11) is 0. The number of carboxylic acids is 1. The summed E-state index contributed by atoms with van der Waals surface area (Å²) >= 11 is 0. The van der Waals surface area contributed by atoms with Crippen molar-refractivity contribution in [3.05, 3.63) is 29.8 Å². The minimum Gasteiger partial charge on any atom is -0.481 e. The van der Waals surface area contributed by atoms with Gasteiger partial charge in [-0.05, 0) is 17.5 Å². The Bertz CT molecular complexity index is 466. The van der Waals surface area contributed by atoms with E-state index in [4.69, 9.17) is 5.11 Å². The van der Waals surface area contributed by atoms with E-state index in [2.05, 4.69) is 10.3 Å². The lowest BCUT2D eigenvalue weighted by atomic mass is 9.84. The van der Waals surface area contributed by atoms with Crippen LogP contribution >= 0.6 is 0 Å². The minimum atomic E-state index is -0.988. The molecule has 0 saturated heterocycles. The maximum absolute atomic E-state index is 12.7. The highest BCUT2D eigenvalue weighted by molar-refractivity contribution is 5.94. The molecular weight excluding hydrogens is 251 g/mol. The summed E-state index contributed by atoms with van der Waals surface area (Å²) in [5.41, 5.74) is -0.206. The van der Waals surface area contributed by atoms with Crippen molar-refractivity contribution < 1.29 is 19.1 Å². The third-order valence-corrected chi connectivity index (χ3v) is 2.72. The number of nitrogens with one attached hydrogen (secondary N) is 1. The fourth-order valence-electron chi connectivity index (χ4n) is 1.50. The number of carbonyl (C=O) groups is 2. The molecule has 0 aliphatic rings. The molecule has 104 valence electrons. The summed E-state index contributed by atoms with van der Waals surface area (Å²) in [6.07, 6.45) is 0.940. The molecule has 0 spiro atoms. The van der Waals surface area contributed by atoms with Crippen LogP contribution in [-0.4, -0.2) is 28.0 Å². The molecule has 0 aliphatic heterocycles. The second-order valence-corrected chi connectivity index (χ2v) is 5.36. The molecule has 0 aromatic carbocycles. The molecule has 1 rings (SSSR count).